The molecule has 0 saturated carbocycles. The highest BCUT2D eigenvalue weighted by molar-refractivity contribution is 5.44. The third-order valence-electron chi connectivity index (χ3n) is 2.51. The lowest BCUT2D eigenvalue weighted by molar-refractivity contribution is 0.503. The Hall–Kier alpha value is -0.980. The van der Waals surface area contributed by atoms with Gasteiger partial charge >= 0.3 is 0 Å². The predicted octanol–water partition coefficient (Wildman–Crippen LogP) is 4.27. The van der Waals surface area contributed by atoms with Crippen molar-refractivity contribution in [2.45, 2.75) is 46.1 Å². The number of para-hydroxylation sites is 1. The van der Waals surface area contributed by atoms with E-state index in [9.17, 15) is 0 Å². The molecule has 1 radical (unpaired) electrons. The van der Waals surface area contributed by atoms with Gasteiger partial charge in [0, 0.05) is 11.2 Å². The van der Waals surface area contributed by atoms with Crippen molar-refractivity contribution in [1.29, 1.82) is 0 Å². The Bertz CT molecular complexity index is 275. The minimum absolute atomic E-state index is 0.165. The Morgan fingerprint density at radius 3 is 2.27 bits per heavy atom. The van der Waals surface area contributed by atoms with E-state index in [0.717, 1.165) is 0 Å². The summed E-state index contributed by atoms with van der Waals surface area (Å²) in [6.45, 7) is 8.89. The monoisotopic (exact) mass is 204 g/mol. The first-order valence-corrected chi connectivity index (χ1v) is 5.62. The van der Waals surface area contributed by atoms with E-state index in [1.54, 1.807) is 0 Å². The van der Waals surface area contributed by atoms with Gasteiger partial charge in [0.25, 0.3) is 0 Å². The van der Waals surface area contributed by atoms with Gasteiger partial charge in [-0.1, -0.05) is 32.0 Å². The number of rotatable bonds is 5. The third-order valence-corrected chi connectivity index (χ3v) is 2.51. The molecule has 0 aliphatic heterocycles. The first kappa shape index (κ1) is 12.1. The van der Waals surface area contributed by atoms with Gasteiger partial charge in [-0.05, 0) is 44.7 Å². The quantitative estimate of drug-likeness (QED) is 0.755. The van der Waals surface area contributed by atoms with Crippen LogP contribution in [0.3, 0.4) is 0 Å². The third kappa shape index (κ3) is 4.87. The van der Waals surface area contributed by atoms with Crippen LogP contribution >= 0.6 is 0 Å². The maximum atomic E-state index is 3.56. The largest absolute Gasteiger partial charge is 0.380 e. The van der Waals surface area contributed by atoms with Crippen molar-refractivity contribution in [3.8, 4) is 0 Å². The average Bonchev–Trinajstić information content (AvgIpc) is 2.16. The zero-order valence-corrected chi connectivity index (χ0v) is 10.3. The molecule has 1 nitrogen and oxygen atoms in total. The summed E-state index contributed by atoms with van der Waals surface area (Å²) >= 11 is 0. The molecule has 0 amide bonds. The first-order chi connectivity index (χ1) is 6.99. The Kier molecular flexibility index (Phi) is 4.19. The van der Waals surface area contributed by atoms with Gasteiger partial charge in [0.1, 0.15) is 0 Å². The van der Waals surface area contributed by atoms with E-state index in [4.69, 9.17) is 0 Å². The molecule has 0 aromatic heterocycles. The summed E-state index contributed by atoms with van der Waals surface area (Å²) < 4.78 is 0. The average molecular weight is 204 g/mol. The van der Waals surface area contributed by atoms with E-state index >= 15 is 0 Å². The van der Waals surface area contributed by atoms with E-state index in [-0.39, 0.29) is 5.54 Å². The van der Waals surface area contributed by atoms with Gasteiger partial charge in [0.05, 0.1) is 0 Å². The van der Waals surface area contributed by atoms with Crippen molar-refractivity contribution in [2.24, 2.45) is 0 Å². The Labute approximate surface area is 93.9 Å². The highest BCUT2D eigenvalue weighted by Gasteiger charge is 2.17. The molecule has 0 aliphatic rings. The van der Waals surface area contributed by atoms with E-state index < -0.39 is 0 Å². The van der Waals surface area contributed by atoms with E-state index in [0.29, 0.717) is 0 Å². The van der Waals surface area contributed by atoms with Crippen LogP contribution < -0.4 is 5.32 Å². The SMILES string of the molecule is C[C](C)CCC(C)(C)Nc1ccccc1. The van der Waals surface area contributed by atoms with Crippen LogP contribution in [0.4, 0.5) is 5.69 Å². The van der Waals surface area contributed by atoms with E-state index in [2.05, 4.69) is 57.3 Å². The van der Waals surface area contributed by atoms with Crippen molar-refractivity contribution in [3.63, 3.8) is 0 Å². The summed E-state index contributed by atoms with van der Waals surface area (Å²) in [5.41, 5.74) is 1.37. The molecule has 0 atom stereocenters. The highest BCUT2D eigenvalue weighted by atomic mass is 15.0. The molecule has 15 heavy (non-hydrogen) atoms. The number of nitrogens with one attached hydrogen (secondary N) is 1. The van der Waals surface area contributed by atoms with Crippen molar-refractivity contribution in [3.05, 3.63) is 36.2 Å². The van der Waals surface area contributed by atoms with E-state index in [1.807, 2.05) is 6.07 Å². The topological polar surface area (TPSA) is 12.0 Å². The number of anilines is 1. The molecule has 0 heterocycles. The molecular formula is C14H22N. The molecule has 0 saturated heterocycles. The molecule has 0 spiro atoms. The standard InChI is InChI=1S/C14H22N/c1-12(2)10-11-14(3,4)15-13-8-6-5-7-9-13/h5-9,15H,10-11H2,1-4H3. The van der Waals surface area contributed by atoms with Gasteiger partial charge in [0.15, 0.2) is 0 Å². The van der Waals surface area contributed by atoms with Crippen LogP contribution in [-0.4, -0.2) is 5.54 Å². The van der Waals surface area contributed by atoms with Crippen LogP contribution in [0.2, 0.25) is 0 Å². The summed E-state index contributed by atoms with van der Waals surface area (Å²) in [4.78, 5) is 0. The molecule has 1 aromatic carbocycles. The summed E-state index contributed by atoms with van der Waals surface area (Å²) in [5.74, 6) is 1.50. The van der Waals surface area contributed by atoms with Crippen LogP contribution in [0.5, 0.6) is 0 Å². The molecule has 1 heteroatoms. The van der Waals surface area contributed by atoms with Crippen molar-refractivity contribution in [1.82, 2.24) is 0 Å². The first-order valence-electron chi connectivity index (χ1n) is 5.62. The maximum absolute atomic E-state index is 3.56. The predicted molar refractivity (Wildman–Crippen MR) is 68.0 cm³/mol. The van der Waals surface area contributed by atoms with Crippen LogP contribution in [0.15, 0.2) is 30.3 Å². The van der Waals surface area contributed by atoms with Crippen LogP contribution in [0.25, 0.3) is 0 Å². The molecule has 1 N–H and O–H groups in total. The molecule has 0 fully saturated rings. The van der Waals surface area contributed by atoms with Gasteiger partial charge in [-0.2, -0.15) is 0 Å². The fraction of sp³-hybridized carbons (Fsp3) is 0.500. The summed E-state index contributed by atoms with van der Waals surface area (Å²) in [6.07, 6.45) is 2.36. The minimum Gasteiger partial charge on any atom is -0.380 e. The molecule has 83 valence electrons. The zero-order valence-electron chi connectivity index (χ0n) is 10.3. The lowest BCUT2D eigenvalue weighted by Gasteiger charge is -2.28. The molecular weight excluding hydrogens is 182 g/mol. The van der Waals surface area contributed by atoms with Gasteiger partial charge in [-0.25, -0.2) is 0 Å². The lowest BCUT2D eigenvalue weighted by Crippen LogP contribution is -2.30. The Morgan fingerprint density at radius 1 is 1.13 bits per heavy atom. The summed E-state index contributed by atoms with van der Waals surface area (Å²) in [6, 6.07) is 10.4. The normalized spacial score (nSPS) is 11.8. The van der Waals surface area contributed by atoms with Gasteiger partial charge in [0.2, 0.25) is 0 Å². The van der Waals surface area contributed by atoms with Gasteiger partial charge in [-0.15, -0.1) is 0 Å². The second-order valence-corrected chi connectivity index (χ2v) is 5.08. The summed E-state index contributed by atoms with van der Waals surface area (Å²) in [5, 5.41) is 3.56. The van der Waals surface area contributed by atoms with Gasteiger partial charge < -0.3 is 5.32 Å². The lowest BCUT2D eigenvalue weighted by atomic mass is 9.93. The second-order valence-electron chi connectivity index (χ2n) is 5.08. The molecule has 1 rings (SSSR count). The highest BCUT2D eigenvalue weighted by Crippen LogP contribution is 2.21. The second kappa shape index (κ2) is 5.20. The fourth-order valence-electron chi connectivity index (χ4n) is 1.54. The van der Waals surface area contributed by atoms with Crippen molar-refractivity contribution in [2.75, 3.05) is 5.32 Å². The minimum atomic E-state index is 0.165. The maximum Gasteiger partial charge on any atom is 0.0344 e. The molecule has 0 bridgehead atoms. The van der Waals surface area contributed by atoms with Crippen molar-refractivity contribution >= 4 is 5.69 Å². The smallest absolute Gasteiger partial charge is 0.0344 e. The van der Waals surface area contributed by atoms with Crippen LogP contribution in [-0.2, 0) is 0 Å². The molecule has 0 unspecified atom stereocenters. The molecule has 1 aromatic rings. The Morgan fingerprint density at radius 2 is 1.73 bits per heavy atom. The summed E-state index contributed by atoms with van der Waals surface area (Å²) in [7, 11) is 0. The Balaban J connectivity index is 2.49. The number of hydrogen-bond acceptors (Lipinski definition) is 1. The van der Waals surface area contributed by atoms with Crippen LogP contribution in [0.1, 0.15) is 40.5 Å². The number of benzene rings is 1. The van der Waals surface area contributed by atoms with Crippen LogP contribution in [0, 0.1) is 5.92 Å². The zero-order chi connectivity index (χ0) is 11.3. The van der Waals surface area contributed by atoms with Gasteiger partial charge in [-0.3, -0.25) is 0 Å². The number of hydrogen-bond donors (Lipinski definition) is 1. The molecule has 0 aliphatic carbocycles. The van der Waals surface area contributed by atoms with Crippen molar-refractivity contribution < 1.29 is 0 Å². The fourth-order valence-corrected chi connectivity index (χ4v) is 1.54. The van der Waals surface area contributed by atoms with E-state index in [1.165, 1.54) is 24.4 Å².